The van der Waals surface area contributed by atoms with E-state index >= 15 is 0 Å². The van der Waals surface area contributed by atoms with E-state index in [0.29, 0.717) is 16.9 Å². The van der Waals surface area contributed by atoms with Crippen LogP contribution in [0.25, 0.3) is 5.69 Å². The van der Waals surface area contributed by atoms with E-state index in [1.807, 2.05) is 0 Å². The van der Waals surface area contributed by atoms with Gasteiger partial charge in [0.2, 0.25) is 0 Å². The Morgan fingerprint density at radius 2 is 2.25 bits per heavy atom. The molecule has 5 heteroatoms. The number of aromatic nitrogens is 2. The van der Waals surface area contributed by atoms with E-state index in [0.717, 1.165) is 0 Å². The molecule has 0 bridgehead atoms. The smallest absolute Gasteiger partial charge is 0.340 e. The van der Waals surface area contributed by atoms with Crippen LogP contribution in [0.4, 0.5) is 5.69 Å². The fourth-order valence-electron chi connectivity index (χ4n) is 1.49. The SMILES string of the molecule is COC(=O)c1cccc(N)c1-n1cccn1. The molecule has 0 aliphatic rings. The molecule has 2 rings (SSSR count). The largest absolute Gasteiger partial charge is 0.465 e. The van der Waals surface area contributed by atoms with Gasteiger partial charge in [-0.1, -0.05) is 6.07 Å². The minimum Gasteiger partial charge on any atom is -0.465 e. The van der Waals surface area contributed by atoms with E-state index in [1.165, 1.54) is 7.11 Å². The molecule has 0 saturated heterocycles. The number of ether oxygens (including phenoxy) is 1. The Labute approximate surface area is 92.4 Å². The quantitative estimate of drug-likeness (QED) is 0.607. The maximum Gasteiger partial charge on any atom is 0.340 e. The molecule has 16 heavy (non-hydrogen) atoms. The summed E-state index contributed by atoms with van der Waals surface area (Å²) in [6, 6.07) is 6.82. The number of anilines is 1. The average Bonchev–Trinajstić information content (AvgIpc) is 2.81. The Bertz CT molecular complexity index is 506. The van der Waals surface area contributed by atoms with Crippen molar-refractivity contribution in [3.63, 3.8) is 0 Å². The van der Waals surface area contributed by atoms with Crippen molar-refractivity contribution in [2.75, 3.05) is 12.8 Å². The van der Waals surface area contributed by atoms with Crippen molar-refractivity contribution >= 4 is 11.7 Å². The third kappa shape index (κ3) is 1.63. The number of nitrogens with two attached hydrogens (primary N) is 1. The average molecular weight is 217 g/mol. The van der Waals surface area contributed by atoms with Gasteiger partial charge in [0.05, 0.1) is 18.4 Å². The zero-order chi connectivity index (χ0) is 11.5. The molecule has 1 aromatic carbocycles. The summed E-state index contributed by atoms with van der Waals surface area (Å²) in [6.07, 6.45) is 3.34. The van der Waals surface area contributed by atoms with Crippen molar-refractivity contribution in [3.05, 3.63) is 42.2 Å². The summed E-state index contributed by atoms with van der Waals surface area (Å²) in [6.45, 7) is 0. The number of methoxy groups -OCH3 is 1. The maximum atomic E-state index is 11.6. The second-order valence-electron chi connectivity index (χ2n) is 3.19. The van der Waals surface area contributed by atoms with E-state index in [9.17, 15) is 4.79 Å². The van der Waals surface area contributed by atoms with E-state index < -0.39 is 5.97 Å². The van der Waals surface area contributed by atoms with Gasteiger partial charge in [-0.05, 0) is 18.2 Å². The predicted molar refractivity (Wildman–Crippen MR) is 59.3 cm³/mol. The number of para-hydroxylation sites is 1. The highest BCUT2D eigenvalue weighted by Crippen LogP contribution is 2.21. The molecule has 2 aromatic rings. The molecule has 0 atom stereocenters. The third-order valence-corrected chi connectivity index (χ3v) is 2.21. The number of rotatable bonds is 2. The van der Waals surface area contributed by atoms with Gasteiger partial charge in [0.1, 0.15) is 5.69 Å². The Balaban J connectivity index is 2.62. The fourth-order valence-corrected chi connectivity index (χ4v) is 1.49. The summed E-state index contributed by atoms with van der Waals surface area (Å²) in [5.41, 5.74) is 7.25. The molecule has 0 saturated carbocycles. The van der Waals surface area contributed by atoms with Crippen LogP contribution in [0.1, 0.15) is 10.4 Å². The molecular formula is C11H11N3O2. The zero-order valence-electron chi connectivity index (χ0n) is 8.75. The summed E-state index contributed by atoms with van der Waals surface area (Å²) in [4.78, 5) is 11.6. The normalized spacial score (nSPS) is 10.1. The number of esters is 1. The Morgan fingerprint density at radius 3 is 2.88 bits per heavy atom. The Hall–Kier alpha value is -2.30. The second kappa shape index (κ2) is 4.06. The van der Waals surface area contributed by atoms with Gasteiger partial charge < -0.3 is 10.5 Å². The first-order valence-corrected chi connectivity index (χ1v) is 4.71. The highest BCUT2D eigenvalue weighted by atomic mass is 16.5. The van der Waals surface area contributed by atoms with E-state index in [1.54, 1.807) is 41.3 Å². The van der Waals surface area contributed by atoms with Gasteiger partial charge in [-0.2, -0.15) is 5.10 Å². The predicted octanol–water partition coefficient (Wildman–Crippen LogP) is 1.24. The van der Waals surface area contributed by atoms with Gasteiger partial charge >= 0.3 is 5.97 Å². The molecule has 1 heterocycles. The summed E-state index contributed by atoms with van der Waals surface area (Å²) >= 11 is 0. The molecule has 0 radical (unpaired) electrons. The summed E-state index contributed by atoms with van der Waals surface area (Å²) in [5.74, 6) is -0.433. The summed E-state index contributed by atoms with van der Waals surface area (Å²) in [7, 11) is 1.33. The van der Waals surface area contributed by atoms with Crippen LogP contribution in [-0.2, 0) is 4.74 Å². The van der Waals surface area contributed by atoms with Gasteiger partial charge in [-0.3, -0.25) is 0 Å². The van der Waals surface area contributed by atoms with E-state index in [2.05, 4.69) is 5.10 Å². The first kappa shape index (κ1) is 10.2. The molecular weight excluding hydrogens is 206 g/mol. The molecule has 0 unspecified atom stereocenters. The maximum absolute atomic E-state index is 11.6. The second-order valence-corrected chi connectivity index (χ2v) is 3.19. The van der Waals surface area contributed by atoms with E-state index in [-0.39, 0.29) is 0 Å². The molecule has 1 aromatic heterocycles. The lowest BCUT2D eigenvalue weighted by Gasteiger charge is -2.10. The molecule has 82 valence electrons. The van der Waals surface area contributed by atoms with Gasteiger partial charge in [0.15, 0.2) is 0 Å². The topological polar surface area (TPSA) is 70.1 Å². The standard InChI is InChI=1S/C11H11N3O2/c1-16-11(15)8-4-2-5-9(12)10(8)14-7-3-6-13-14/h2-7H,12H2,1H3. The zero-order valence-corrected chi connectivity index (χ0v) is 8.75. The highest BCUT2D eigenvalue weighted by molar-refractivity contribution is 5.95. The molecule has 0 aliphatic carbocycles. The highest BCUT2D eigenvalue weighted by Gasteiger charge is 2.15. The lowest BCUT2D eigenvalue weighted by Crippen LogP contribution is -2.10. The molecule has 2 N–H and O–H groups in total. The van der Waals surface area contributed by atoms with Gasteiger partial charge in [-0.15, -0.1) is 0 Å². The number of hydrogen-bond acceptors (Lipinski definition) is 4. The number of carbonyl (C=O) groups is 1. The number of nitrogens with zero attached hydrogens (tertiary/aromatic N) is 2. The van der Waals surface area contributed by atoms with Crippen molar-refractivity contribution in [2.24, 2.45) is 0 Å². The third-order valence-electron chi connectivity index (χ3n) is 2.21. The van der Waals surface area contributed by atoms with Crippen molar-refractivity contribution < 1.29 is 9.53 Å². The lowest BCUT2D eigenvalue weighted by molar-refractivity contribution is 0.0600. The molecule has 5 nitrogen and oxygen atoms in total. The monoisotopic (exact) mass is 217 g/mol. The van der Waals surface area contributed by atoms with Crippen molar-refractivity contribution in [1.29, 1.82) is 0 Å². The van der Waals surface area contributed by atoms with Crippen LogP contribution in [0.2, 0.25) is 0 Å². The van der Waals surface area contributed by atoms with Crippen molar-refractivity contribution in [1.82, 2.24) is 9.78 Å². The first-order valence-electron chi connectivity index (χ1n) is 4.71. The number of hydrogen-bond donors (Lipinski definition) is 1. The Morgan fingerprint density at radius 1 is 1.44 bits per heavy atom. The fraction of sp³-hybridized carbons (Fsp3) is 0.0909. The molecule has 0 amide bonds. The van der Waals surface area contributed by atoms with Crippen LogP contribution in [0.3, 0.4) is 0 Å². The van der Waals surface area contributed by atoms with Crippen LogP contribution < -0.4 is 5.73 Å². The number of carbonyl (C=O) groups excluding carboxylic acids is 1. The van der Waals surface area contributed by atoms with Gasteiger partial charge in [0.25, 0.3) is 0 Å². The van der Waals surface area contributed by atoms with E-state index in [4.69, 9.17) is 10.5 Å². The van der Waals surface area contributed by atoms with Gasteiger partial charge in [-0.25, -0.2) is 9.48 Å². The van der Waals surface area contributed by atoms with Crippen LogP contribution in [-0.4, -0.2) is 22.9 Å². The Kier molecular flexibility index (Phi) is 2.59. The molecule has 0 fully saturated rings. The van der Waals surface area contributed by atoms with Crippen LogP contribution in [0.5, 0.6) is 0 Å². The minimum absolute atomic E-state index is 0.395. The molecule has 0 spiro atoms. The van der Waals surface area contributed by atoms with Crippen molar-refractivity contribution in [3.8, 4) is 5.69 Å². The number of benzene rings is 1. The van der Waals surface area contributed by atoms with Crippen LogP contribution >= 0.6 is 0 Å². The minimum atomic E-state index is -0.433. The first-order chi connectivity index (χ1) is 7.74. The lowest BCUT2D eigenvalue weighted by atomic mass is 10.1. The van der Waals surface area contributed by atoms with Crippen LogP contribution in [0, 0.1) is 0 Å². The van der Waals surface area contributed by atoms with Crippen molar-refractivity contribution in [2.45, 2.75) is 0 Å². The number of nitrogen functional groups attached to an aromatic ring is 1. The van der Waals surface area contributed by atoms with Crippen LogP contribution in [0.15, 0.2) is 36.7 Å². The summed E-state index contributed by atoms with van der Waals surface area (Å²) < 4.78 is 6.24. The van der Waals surface area contributed by atoms with Gasteiger partial charge in [0, 0.05) is 12.4 Å². The summed E-state index contributed by atoms with van der Waals surface area (Å²) in [5, 5.41) is 4.05. The molecule has 0 aliphatic heterocycles.